The van der Waals surface area contributed by atoms with Crippen LogP contribution in [0.4, 0.5) is 11.4 Å². The highest BCUT2D eigenvalue weighted by Gasteiger charge is 2.24. The minimum atomic E-state index is -0.468. The van der Waals surface area contributed by atoms with Crippen LogP contribution in [0.15, 0.2) is 30.3 Å². The molecule has 0 bridgehead atoms. The summed E-state index contributed by atoms with van der Waals surface area (Å²) in [5, 5.41) is 0. The van der Waals surface area contributed by atoms with E-state index in [0.29, 0.717) is 17.9 Å². The van der Waals surface area contributed by atoms with Crippen LogP contribution in [-0.2, 0) is 11.3 Å². The molecular weight excluding hydrogens is 274 g/mol. The van der Waals surface area contributed by atoms with Crippen molar-refractivity contribution < 1.29 is 4.79 Å². The molecular formula is C18H23N3O. The Kier molecular flexibility index (Phi) is 4.52. The van der Waals surface area contributed by atoms with Crippen molar-refractivity contribution in [3.8, 4) is 0 Å². The molecule has 0 aliphatic carbocycles. The summed E-state index contributed by atoms with van der Waals surface area (Å²) in [6.45, 7) is 5.91. The number of rotatable bonds is 4. The first-order valence-electron chi connectivity index (χ1n) is 7.30. The molecule has 0 saturated carbocycles. The van der Waals surface area contributed by atoms with E-state index in [4.69, 9.17) is 17.2 Å². The molecule has 116 valence electrons. The smallest absolute Gasteiger partial charge is 0.141 e. The zero-order valence-electron chi connectivity index (χ0n) is 13.3. The molecule has 2 aromatic carbocycles. The number of carbonyl (C=O) groups excluding carboxylic acids is 1. The molecule has 6 N–H and O–H groups in total. The third-order valence-electron chi connectivity index (χ3n) is 3.98. The second-order valence-electron chi connectivity index (χ2n) is 5.80. The van der Waals surface area contributed by atoms with Gasteiger partial charge in [0.1, 0.15) is 5.78 Å². The Morgan fingerprint density at radius 3 is 2.36 bits per heavy atom. The molecule has 1 atom stereocenters. The van der Waals surface area contributed by atoms with Crippen LogP contribution < -0.4 is 17.2 Å². The number of aryl methyl sites for hydroxylation is 2. The SMILES string of the molecule is CC(=O)C(c1cc(CN)ccc1N)c1cc(C)cc(C)c1N. The molecule has 0 saturated heterocycles. The average Bonchev–Trinajstić information content (AvgIpc) is 2.45. The number of hydrogen-bond donors (Lipinski definition) is 3. The van der Waals surface area contributed by atoms with E-state index in [1.54, 1.807) is 13.0 Å². The van der Waals surface area contributed by atoms with E-state index >= 15 is 0 Å². The van der Waals surface area contributed by atoms with Crippen LogP contribution in [0.5, 0.6) is 0 Å². The lowest BCUT2D eigenvalue weighted by Gasteiger charge is -2.21. The predicted molar refractivity (Wildman–Crippen MR) is 91.6 cm³/mol. The second-order valence-corrected chi connectivity index (χ2v) is 5.80. The van der Waals surface area contributed by atoms with Crippen LogP contribution in [-0.4, -0.2) is 5.78 Å². The van der Waals surface area contributed by atoms with Gasteiger partial charge in [-0.2, -0.15) is 0 Å². The molecule has 2 aromatic rings. The van der Waals surface area contributed by atoms with E-state index in [-0.39, 0.29) is 5.78 Å². The average molecular weight is 297 g/mol. The van der Waals surface area contributed by atoms with Gasteiger partial charge >= 0.3 is 0 Å². The number of hydrogen-bond acceptors (Lipinski definition) is 4. The van der Waals surface area contributed by atoms with Gasteiger partial charge in [-0.1, -0.05) is 29.8 Å². The molecule has 4 heteroatoms. The fourth-order valence-corrected chi connectivity index (χ4v) is 2.86. The van der Waals surface area contributed by atoms with Gasteiger partial charge in [-0.15, -0.1) is 0 Å². The van der Waals surface area contributed by atoms with E-state index in [1.807, 2.05) is 38.1 Å². The summed E-state index contributed by atoms with van der Waals surface area (Å²) in [5.41, 5.74) is 23.8. The molecule has 1 unspecified atom stereocenters. The maximum atomic E-state index is 12.3. The van der Waals surface area contributed by atoms with Crippen LogP contribution in [0.3, 0.4) is 0 Å². The monoisotopic (exact) mass is 297 g/mol. The van der Waals surface area contributed by atoms with Gasteiger partial charge in [0.15, 0.2) is 0 Å². The van der Waals surface area contributed by atoms with E-state index in [1.165, 1.54) is 0 Å². The second kappa shape index (κ2) is 6.20. The summed E-state index contributed by atoms with van der Waals surface area (Å²) in [6, 6.07) is 9.55. The van der Waals surface area contributed by atoms with Gasteiger partial charge in [0.05, 0.1) is 5.92 Å². The Bertz CT molecular complexity index is 723. The van der Waals surface area contributed by atoms with Crippen molar-refractivity contribution in [2.45, 2.75) is 33.2 Å². The number of anilines is 2. The fourth-order valence-electron chi connectivity index (χ4n) is 2.86. The number of Topliss-reactive ketones (excluding diaryl/α,β-unsaturated/α-hetero) is 1. The van der Waals surface area contributed by atoms with Crippen LogP contribution in [0, 0.1) is 13.8 Å². The fraction of sp³-hybridized carbons (Fsp3) is 0.278. The van der Waals surface area contributed by atoms with E-state index in [2.05, 4.69) is 0 Å². The highest BCUT2D eigenvalue weighted by atomic mass is 16.1. The predicted octanol–water partition coefficient (Wildman–Crippen LogP) is 2.65. The maximum absolute atomic E-state index is 12.3. The van der Waals surface area contributed by atoms with Gasteiger partial charge in [0.25, 0.3) is 0 Å². The van der Waals surface area contributed by atoms with Crippen molar-refractivity contribution in [2.24, 2.45) is 5.73 Å². The minimum Gasteiger partial charge on any atom is -0.398 e. The quantitative estimate of drug-likeness (QED) is 0.756. The van der Waals surface area contributed by atoms with Gasteiger partial charge in [0.2, 0.25) is 0 Å². The molecule has 0 aromatic heterocycles. The summed E-state index contributed by atoms with van der Waals surface area (Å²) in [4.78, 5) is 12.3. The Labute approximate surface area is 131 Å². The number of benzene rings is 2. The van der Waals surface area contributed by atoms with Gasteiger partial charge < -0.3 is 17.2 Å². The highest BCUT2D eigenvalue weighted by molar-refractivity contribution is 5.90. The van der Waals surface area contributed by atoms with Gasteiger partial charge in [0, 0.05) is 17.9 Å². The first kappa shape index (κ1) is 16.0. The Morgan fingerprint density at radius 2 is 1.77 bits per heavy atom. The molecule has 0 amide bonds. The lowest BCUT2D eigenvalue weighted by molar-refractivity contribution is -0.117. The molecule has 0 aliphatic heterocycles. The molecule has 22 heavy (non-hydrogen) atoms. The minimum absolute atomic E-state index is 0.0116. The van der Waals surface area contributed by atoms with E-state index < -0.39 is 5.92 Å². The van der Waals surface area contributed by atoms with Crippen LogP contribution in [0.1, 0.15) is 40.7 Å². The Hall–Kier alpha value is -2.33. The third-order valence-corrected chi connectivity index (χ3v) is 3.98. The number of carbonyl (C=O) groups is 1. The summed E-state index contributed by atoms with van der Waals surface area (Å²) in [7, 11) is 0. The molecule has 2 rings (SSSR count). The Morgan fingerprint density at radius 1 is 1.09 bits per heavy atom. The lowest BCUT2D eigenvalue weighted by Crippen LogP contribution is -2.16. The van der Waals surface area contributed by atoms with Gasteiger partial charge in [-0.05, 0) is 49.1 Å². The molecule has 4 nitrogen and oxygen atoms in total. The largest absolute Gasteiger partial charge is 0.398 e. The lowest BCUT2D eigenvalue weighted by atomic mass is 9.84. The van der Waals surface area contributed by atoms with Crippen molar-refractivity contribution in [2.75, 3.05) is 11.5 Å². The van der Waals surface area contributed by atoms with Crippen molar-refractivity contribution in [3.63, 3.8) is 0 Å². The van der Waals surface area contributed by atoms with Crippen molar-refractivity contribution in [1.82, 2.24) is 0 Å². The molecule has 0 heterocycles. The molecule has 0 radical (unpaired) electrons. The van der Waals surface area contributed by atoms with Crippen molar-refractivity contribution >= 4 is 17.2 Å². The zero-order chi connectivity index (χ0) is 16.4. The number of ketones is 1. The standard InChI is InChI=1S/C18H23N3O/c1-10-6-11(2)18(21)15(7-10)17(12(3)22)14-8-13(9-19)4-5-16(14)20/h4-8,17H,9,19-21H2,1-3H3. The van der Waals surface area contributed by atoms with Crippen LogP contribution in [0.25, 0.3) is 0 Å². The van der Waals surface area contributed by atoms with Crippen molar-refractivity contribution in [3.05, 3.63) is 58.1 Å². The van der Waals surface area contributed by atoms with E-state index in [0.717, 1.165) is 27.8 Å². The number of nitrogen functional groups attached to an aromatic ring is 2. The third kappa shape index (κ3) is 2.97. The summed E-state index contributed by atoms with van der Waals surface area (Å²) >= 11 is 0. The highest BCUT2D eigenvalue weighted by Crippen LogP contribution is 2.35. The summed E-state index contributed by atoms with van der Waals surface area (Å²) in [6.07, 6.45) is 0. The Balaban J connectivity index is 2.69. The maximum Gasteiger partial charge on any atom is 0.141 e. The topological polar surface area (TPSA) is 95.1 Å². The van der Waals surface area contributed by atoms with Gasteiger partial charge in [-0.3, -0.25) is 4.79 Å². The first-order valence-corrected chi connectivity index (χ1v) is 7.30. The zero-order valence-corrected chi connectivity index (χ0v) is 13.3. The summed E-state index contributed by atoms with van der Waals surface area (Å²) in [5.74, 6) is -0.456. The normalized spacial score (nSPS) is 12.2. The molecule has 0 spiro atoms. The van der Waals surface area contributed by atoms with E-state index in [9.17, 15) is 4.79 Å². The van der Waals surface area contributed by atoms with Crippen LogP contribution >= 0.6 is 0 Å². The van der Waals surface area contributed by atoms with Crippen molar-refractivity contribution in [1.29, 1.82) is 0 Å². The summed E-state index contributed by atoms with van der Waals surface area (Å²) < 4.78 is 0. The molecule has 0 aliphatic rings. The number of nitrogens with two attached hydrogens (primary N) is 3. The van der Waals surface area contributed by atoms with Gasteiger partial charge in [-0.25, -0.2) is 0 Å². The van der Waals surface area contributed by atoms with Crippen LogP contribution in [0.2, 0.25) is 0 Å². The molecule has 0 fully saturated rings. The first-order chi connectivity index (χ1) is 10.3.